The van der Waals surface area contributed by atoms with Crippen molar-refractivity contribution in [1.29, 1.82) is 0 Å². The molecular formula is C10H17N3O. The normalized spacial score (nSPS) is 15.1. The van der Waals surface area contributed by atoms with Crippen LogP contribution in [0.4, 0.5) is 5.82 Å². The average Bonchev–Trinajstić information content (AvgIpc) is 2.17. The molecule has 0 amide bonds. The highest BCUT2D eigenvalue weighted by molar-refractivity contribution is 5.47. The van der Waals surface area contributed by atoms with Crippen molar-refractivity contribution in [2.24, 2.45) is 5.73 Å². The molecule has 0 spiro atoms. The number of hydrogen-bond donors (Lipinski definition) is 3. The first-order chi connectivity index (χ1) is 6.55. The first kappa shape index (κ1) is 10.9. The number of anilines is 1. The summed E-state index contributed by atoms with van der Waals surface area (Å²) in [5, 5.41) is 10.2. The van der Waals surface area contributed by atoms with Gasteiger partial charge in [0, 0.05) is 18.3 Å². The van der Waals surface area contributed by atoms with Crippen LogP contribution >= 0.6 is 0 Å². The number of nitrogens with zero attached hydrogens (tertiary/aromatic N) is 1. The molecule has 5 N–H and O–H groups in total. The van der Waals surface area contributed by atoms with Gasteiger partial charge in [-0.2, -0.15) is 0 Å². The van der Waals surface area contributed by atoms with E-state index >= 15 is 0 Å². The van der Waals surface area contributed by atoms with E-state index < -0.39 is 5.60 Å². The summed E-state index contributed by atoms with van der Waals surface area (Å²) in [4.78, 5) is 3.96. The highest BCUT2D eigenvalue weighted by Gasteiger charge is 2.29. The predicted octanol–water partition coefficient (Wildman–Crippen LogP) is 0.529. The monoisotopic (exact) mass is 195 g/mol. The van der Waals surface area contributed by atoms with E-state index in [9.17, 15) is 5.11 Å². The van der Waals surface area contributed by atoms with Crippen LogP contribution in [-0.4, -0.2) is 16.6 Å². The Bertz CT molecular complexity index is 301. The third kappa shape index (κ3) is 1.71. The van der Waals surface area contributed by atoms with Crippen LogP contribution in [0.25, 0.3) is 0 Å². The molecule has 1 atom stereocenters. The third-order valence-electron chi connectivity index (χ3n) is 2.58. The van der Waals surface area contributed by atoms with Gasteiger partial charge >= 0.3 is 0 Å². The molecule has 0 aliphatic heterocycles. The topological polar surface area (TPSA) is 85.2 Å². The van der Waals surface area contributed by atoms with Crippen LogP contribution in [0.5, 0.6) is 0 Å². The second kappa shape index (κ2) is 3.94. The first-order valence-electron chi connectivity index (χ1n) is 4.69. The molecule has 4 heteroatoms. The zero-order valence-electron chi connectivity index (χ0n) is 8.62. The Morgan fingerprint density at radius 1 is 1.57 bits per heavy atom. The minimum atomic E-state index is -1.05. The molecule has 0 saturated heterocycles. The molecule has 0 bridgehead atoms. The summed E-state index contributed by atoms with van der Waals surface area (Å²) in [5.41, 5.74) is 11.8. The molecule has 0 radical (unpaired) electrons. The Morgan fingerprint density at radius 3 is 2.64 bits per heavy atom. The zero-order valence-corrected chi connectivity index (χ0v) is 8.62. The minimum Gasteiger partial charge on any atom is -0.384 e. The van der Waals surface area contributed by atoms with Gasteiger partial charge in [0.1, 0.15) is 11.4 Å². The molecule has 78 valence electrons. The van der Waals surface area contributed by atoms with E-state index in [0.29, 0.717) is 17.8 Å². The quantitative estimate of drug-likeness (QED) is 0.656. The largest absolute Gasteiger partial charge is 0.384 e. The van der Waals surface area contributed by atoms with Gasteiger partial charge in [-0.3, -0.25) is 0 Å². The number of aliphatic hydroxyl groups is 1. The second-order valence-corrected chi connectivity index (χ2v) is 3.48. The second-order valence-electron chi connectivity index (χ2n) is 3.48. The maximum absolute atomic E-state index is 10.2. The number of rotatable bonds is 3. The van der Waals surface area contributed by atoms with Gasteiger partial charge in [-0.05, 0) is 25.0 Å². The summed E-state index contributed by atoms with van der Waals surface area (Å²) in [6.07, 6.45) is 2.15. The van der Waals surface area contributed by atoms with Crippen molar-refractivity contribution in [1.82, 2.24) is 4.98 Å². The molecule has 0 aliphatic carbocycles. The molecule has 1 heterocycles. The van der Waals surface area contributed by atoms with E-state index in [4.69, 9.17) is 11.5 Å². The minimum absolute atomic E-state index is 0.153. The van der Waals surface area contributed by atoms with Crippen LogP contribution in [0.15, 0.2) is 12.3 Å². The van der Waals surface area contributed by atoms with Crippen molar-refractivity contribution in [2.75, 3.05) is 12.3 Å². The molecular weight excluding hydrogens is 178 g/mol. The number of aromatic nitrogens is 1. The maximum atomic E-state index is 10.2. The van der Waals surface area contributed by atoms with Gasteiger partial charge in [-0.25, -0.2) is 4.98 Å². The van der Waals surface area contributed by atoms with Gasteiger partial charge in [0.2, 0.25) is 0 Å². The Morgan fingerprint density at radius 2 is 2.21 bits per heavy atom. The average molecular weight is 195 g/mol. The fraction of sp³-hybridized carbons (Fsp3) is 0.500. The standard InChI is InChI=1S/C10H17N3O/c1-3-10(14,6-11)8-7(2)4-5-13-9(8)12/h4-5,14H,3,6,11H2,1-2H3,(H2,12,13). The number of nitrogens with two attached hydrogens (primary N) is 2. The Labute approximate surface area is 83.9 Å². The predicted molar refractivity (Wildman–Crippen MR) is 56.6 cm³/mol. The Balaban J connectivity index is 3.29. The summed E-state index contributed by atoms with van der Waals surface area (Å²) >= 11 is 0. The van der Waals surface area contributed by atoms with E-state index in [1.807, 2.05) is 19.9 Å². The van der Waals surface area contributed by atoms with E-state index in [1.54, 1.807) is 6.20 Å². The number of aryl methyl sites for hydroxylation is 1. The van der Waals surface area contributed by atoms with Crippen LogP contribution in [0, 0.1) is 6.92 Å². The van der Waals surface area contributed by atoms with Crippen molar-refractivity contribution in [2.45, 2.75) is 25.9 Å². The first-order valence-corrected chi connectivity index (χ1v) is 4.69. The molecule has 4 nitrogen and oxygen atoms in total. The molecule has 1 aromatic rings. The molecule has 14 heavy (non-hydrogen) atoms. The summed E-state index contributed by atoms with van der Waals surface area (Å²) in [6, 6.07) is 1.82. The van der Waals surface area contributed by atoms with Crippen molar-refractivity contribution >= 4 is 5.82 Å². The Kier molecular flexibility index (Phi) is 3.08. The fourth-order valence-corrected chi connectivity index (χ4v) is 1.61. The van der Waals surface area contributed by atoms with Crippen molar-refractivity contribution in [3.63, 3.8) is 0 Å². The smallest absolute Gasteiger partial charge is 0.129 e. The summed E-state index contributed by atoms with van der Waals surface area (Å²) < 4.78 is 0. The van der Waals surface area contributed by atoms with Crippen LogP contribution in [0.2, 0.25) is 0 Å². The van der Waals surface area contributed by atoms with E-state index in [1.165, 1.54) is 0 Å². The highest BCUT2D eigenvalue weighted by atomic mass is 16.3. The van der Waals surface area contributed by atoms with Crippen LogP contribution < -0.4 is 11.5 Å². The van der Waals surface area contributed by atoms with Gasteiger partial charge in [0.25, 0.3) is 0 Å². The Hall–Kier alpha value is -1.13. The zero-order chi connectivity index (χ0) is 10.8. The summed E-state index contributed by atoms with van der Waals surface area (Å²) in [5.74, 6) is 0.361. The number of pyridine rings is 1. The molecule has 0 aromatic carbocycles. The van der Waals surface area contributed by atoms with Crippen molar-refractivity contribution < 1.29 is 5.11 Å². The van der Waals surface area contributed by atoms with Crippen LogP contribution in [0.3, 0.4) is 0 Å². The molecule has 0 aliphatic rings. The van der Waals surface area contributed by atoms with E-state index in [2.05, 4.69) is 4.98 Å². The van der Waals surface area contributed by atoms with Crippen LogP contribution in [0.1, 0.15) is 24.5 Å². The lowest BCUT2D eigenvalue weighted by atomic mass is 9.88. The van der Waals surface area contributed by atoms with Gasteiger partial charge in [-0.15, -0.1) is 0 Å². The lowest BCUT2D eigenvalue weighted by molar-refractivity contribution is 0.0417. The number of hydrogen-bond acceptors (Lipinski definition) is 4. The molecule has 1 unspecified atom stereocenters. The molecule has 0 fully saturated rings. The number of nitrogen functional groups attached to an aromatic ring is 1. The van der Waals surface area contributed by atoms with Gasteiger partial charge < -0.3 is 16.6 Å². The van der Waals surface area contributed by atoms with Crippen molar-refractivity contribution in [3.05, 3.63) is 23.4 Å². The molecule has 1 rings (SSSR count). The lowest BCUT2D eigenvalue weighted by Gasteiger charge is -2.27. The maximum Gasteiger partial charge on any atom is 0.129 e. The molecule has 1 aromatic heterocycles. The third-order valence-corrected chi connectivity index (χ3v) is 2.58. The van der Waals surface area contributed by atoms with Crippen molar-refractivity contribution in [3.8, 4) is 0 Å². The van der Waals surface area contributed by atoms with E-state index in [0.717, 1.165) is 5.56 Å². The molecule has 0 saturated carbocycles. The fourth-order valence-electron chi connectivity index (χ4n) is 1.61. The van der Waals surface area contributed by atoms with Crippen LogP contribution in [-0.2, 0) is 5.60 Å². The van der Waals surface area contributed by atoms with Gasteiger partial charge in [0.15, 0.2) is 0 Å². The van der Waals surface area contributed by atoms with Gasteiger partial charge in [0.05, 0.1) is 0 Å². The summed E-state index contributed by atoms with van der Waals surface area (Å²) in [6.45, 7) is 3.92. The highest BCUT2D eigenvalue weighted by Crippen LogP contribution is 2.29. The van der Waals surface area contributed by atoms with Gasteiger partial charge in [-0.1, -0.05) is 6.92 Å². The lowest BCUT2D eigenvalue weighted by Crippen LogP contribution is -2.35. The van der Waals surface area contributed by atoms with E-state index in [-0.39, 0.29) is 6.54 Å². The SMILES string of the molecule is CCC(O)(CN)c1c(C)ccnc1N. The summed E-state index contributed by atoms with van der Waals surface area (Å²) in [7, 11) is 0.